The minimum Gasteiger partial charge on any atom is -0.205 e. The SMILES string of the molecule is N#Cc1c(F)cccc1-n1nccn1. The summed E-state index contributed by atoms with van der Waals surface area (Å²) in [6.45, 7) is 0. The second-order valence-electron chi connectivity index (χ2n) is 2.56. The molecule has 1 heterocycles. The summed E-state index contributed by atoms with van der Waals surface area (Å²) in [5.41, 5.74) is 0.293. The van der Waals surface area contributed by atoms with E-state index in [4.69, 9.17) is 5.26 Å². The van der Waals surface area contributed by atoms with Crippen molar-refractivity contribution in [1.29, 1.82) is 5.26 Å². The summed E-state index contributed by atoms with van der Waals surface area (Å²) in [5, 5.41) is 16.4. The first-order valence-electron chi connectivity index (χ1n) is 3.88. The van der Waals surface area contributed by atoms with Gasteiger partial charge >= 0.3 is 0 Å². The molecule has 0 N–H and O–H groups in total. The topological polar surface area (TPSA) is 54.5 Å². The van der Waals surface area contributed by atoms with Gasteiger partial charge in [-0.05, 0) is 12.1 Å². The lowest BCUT2D eigenvalue weighted by atomic mass is 10.2. The van der Waals surface area contributed by atoms with Crippen LogP contribution in [0.1, 0.15) is 5.56 Å². The first kappa shape index (κ1) is 8.38. The largest absolute Gasteiger partial charge is 0.205 e. The molecule has 68 valence electrons. The van der Waals surface area contributed by atoms with Crippen LogP contribution >= 0.6 is 0 Å². The third kappa shape index (κ3) is 1.23. The smallest absolute Gasteiger partial charge is 0.143 e. The van der Waals surface area contributed by atoms with Crippen LogP contribution < -0.4 is 0 Å². The number of halogens is 1. The predicted octanol–water partition coefficient (Wildman–Crippen LogP) is 1.28. The Kier molecular flexibility index (Phi) is 1.95. The van der Waals surface area contributed by atoms with E-state index in [9.17, 15) is 4.39 Å². The molecule has 5 heteroatoms. The van der Waals surface area contributed by atoms with E-state index in [0.29, 0.717) is 5.69 Å². The molecule has 0 saturated heterocycles. The molecule has 2 rings (SSSR count). The molecule has 0 saturated carbocycles. The lowest BCUT2D eigenvalue weighted by Crippen LogP contribution is -2.02. The summed E-state index contributed by atoms with van der Waals surface area (Å²) in [7, 11) is 0. The van der Waals surface area contributed by atoms with Crippen molar-refractivity contribution in [1.82, 2.24) is 15.0 Å². The molecule has 0 spiro atoms. The number of nitrogens with zero attached hydrogens (tertiary/aromatic N) is 4. The first-order valence-corrected chi connectivity index (χ1v) is 3.88. The van der Waals surface area contributed by atoms with Crippen molar-refractivity contribution in [2.45, 2.75) is 0 Å². The van der Waals surface area contributed by atoms with Crippen LogP contribution in [-0.2, 0) is 0 Å². The number of hydrogen-bond acceptors (Lipinski definition) is 3. The molecule has 0 aliphatic carbocycles. The van der Waals surface area contributed by atoms with Crippen LogP contribution in [0.2, 0.25) is 0 Å². The quantitative estimate of drug-likeness (QED) is 0.677. The molecular formula is C9H5FN4. The zero-order valence-electron chi connectivity index (χ0n) is 7.05. The highest BCUT2D eigenvalue weighted by molar-refractivity contribution is 5.48. The number of rotatable bonds is 1. The molecule has 0 aliphatic heterocycles. The number of benzene rings is 1. The molecule has 0 unspecified atom stereocenters. The Morgan fingerprint density at radius 1 is 1.29 bits per heavy atom. The van der Waals surface area contributed by atoms with Crippen LogP contribution in [-0.4, -0.2) is 15.0 Å². The molecule has 0 fully saturated rings. The summed E-state index contributed by atoms with van der Waals surface area (Å²) in [4.78, 5) is 1.21. The van der Waals surface area contributed by atoms with Gasteiger partial charge in [0.2, 0.25) is 0 Å². The van der Waals surface area contributed by atoms with Crippen molar-refractivity contribution in [3.8, 4) is 11.8 Å². The number of nitriles is 1. The Morgan fingerprint density at radius 2 is 2.00 bits per heavy atom. The van der Waals surface area contributed by atoms with Gasteiger partial charge in [0.25, 0.3) is 0 Å². The van der Waals surface area contributed by atoms with E-state index in [1.54, 1.807) is 12.1 Å². The maximum atomic E-state index is 13.2. The van der Waals surface area contributed by atoms with Crippen molar-refractivity contribution < 1.29 is 4.39 Å². The van der Waals surface area contributed by atoms with E-state index in [1.807, 2.05) is 0 Å². The van der Waals surface area contributed by atoms with E-state index in [1.165, 1.54) is 29.3 Å². The minimum atomic E-state index is -0.567. The molecule has 1 aromatic heterocycles. The Morgan fingerprint density at radius 3 is 2.64 bits per heavy atom. The van der Waals surface area contributed by atoms with Gasteiger partial charge in [0.15, 0.2) is 0 Å². The monoisotopic (exact) mass is 188 g/mol. The van der Waals surface area contributed by atoms with E-state index >= 15 is 0 Å². The van der Waals surface area contributed by atoms with Crippen molar-refractivity contribution in [3.63, 3.8) is 0 Å². The third-order valence-corrected chi connectivity index (χ3v) is 1.74. The van der Waals surface area contributed by atoms with Gasteiger partial charge < -0.3 is 0 Å². The van der Waals surface area contributed by atoms with Crippen LogP contribution in [0.25, 0.3) is 5.69 Å². The average molecular weight is 188 g/mol. The van der Waals surface area contributed by atoms with Gasteiger partial charge in [-0.3, -0.25) is 0 Å². The highest BCUT2D eigenvalue weighted by Crippen LogP contribution is 2.14. The van der Waals surface area contributed by atoms with E-state index in [-0.39, 0.29) is 5.56 Å². The zero-order valence-corrected chi connectivity index (χ0v) is 7.05. The summed E-state index contributed by atoms with van der Waals surface area (Å²) < 4.78 is 13.2. The molecule has 1 aromatic carbocycles. The second kappa shape index (κ2) is 3.26. The van der Waals surface area contributed by atoms with Crippen molar-refractivity contribution >= 4 is 0 Å². The lowest BCUT2D eigenvalue weighted by Gasteiger charge is -2.01. The molecule has 0 atom stereocenters. The Hall–Kier alpha value is -2.22. The Balaban J connectivity index is 2.66. The summed E-state index contributed by atoms with van der Waals surface area (Å²) >= 11 is 0. The maximum Gasteiger partial charge on any atom is 0.143 e. The molecule has 0 amide bonds. The van der Waals surface area contributed by atoms with Gasteiger partial charge in [0.1, 0.15) is 23.1 Å². The lowest BCUT2D eigenvalue weighted by molar-refractivity contribution is 0.618. The van der Waals surface area contributed by atoms with Crippen LogP contribution in [0.5, 0.6) is 0 Å². The van der Waals surface area contributed by atoms with E-state index < -0.39 is 5.82 Å². The third-order valence-electron chi connectivity index (χ3n) is 1.74. The average Bonchev–Trinajstić information content (AvgIpc) is 2.70. The summed E-state index contributed by atoms with van der Waals surface area (Å²) in [6.07, 6.45) is 2.93. The van der Waals surface area contributed by atoms with E-state index in [2.05, 4.69) is 10.2 Å². The normalized spacial score (nSPS) is 9.71. The second-order valence-corrected chi connectivity index (χ2v) is 2.56. The van der Waals surface area contributed by atoms with Gasteiger partial charge in [-0.2, -0.15) is 20.3 Å². The van der Waals surface area contributed by atoms with Gasteiger partial charge in [0, 0.05) is 0 Å². The van der Waals surface area contributed by atoms with Gasteiger partial charge in [0.05, 0.1) is 12.4 Å². The summed E-state index contributed by atoms with van der Waals surface area (Å²) in [5.74, 6) is -0.567. The first-order chi connectivity index (χ1) is 6.83. The molecule has 2 aromatic rings. The van der Waals surface area contributed by atoms with Crippen LogP contribution in [0.4, 0.5) is 4.39 Å². The van der Waals surface area contributed by atoms with Gasteiger partial charge in [-0.15, -0.1) is 0 Å². The van der Waals surface area contributed by atoms with Crippen LogP contribution in [0.3, 0.4) is 0 Å². The predicted molar refractivity (Wildman–Crippen MR) is 46.0 cm³/mol. The minimum absolute atomic E-state index is 0.0521. The molecular weight excluding hydrogens is 183 g/mol. The van der Waals surface area contributed by atoms with Crippen molar-refractivity contribution in [2.75, 3.05) is 0 Å². The highest BCUT2D eigenvalue weighted by atomic mass is 19.1. The Labute approximate surface area is 79.2 Å². The Bertz CT molecular complexity index is 484. The molecule has 0 aliphatic rings. The fourth-order valence-corrected chi connectivity index (χ4v) is 1.13. The fourth-order valence-electron chi connectivity index (χ4n) is 1.13. The molecule has 0 bridgehead atoms. The number of aromatic nitrogens is 3. The van der Waals surface area contributed by atoms with Crippen molar-refractivity contribution in [2.24, 2.45) is 0 Å². The molecule has 14 heavy (non-hydrogen) atoms. The zero-order chi connectivity index (χ0) is 9.97. The van der Waals surface area contributed by atoms with E-state index in [0.717, 1.165) is 0 Å². The van der Waals surface area contributed by atoms with Crippen LogP contribution in [0.15, 0.2) is 30.6 Å². The highest BCUT2D eigenvalue weighted by Gasteiger charge is 2.09. The molecule has 4 nitrogen and oxygen atoms in total. The van der Waals surface area contributed by atoms with Gasteiger partial charge in [-0.25, -0.2) is 4.39 Å². The molecule has 0 radical (unpaired) electrons. The standard InChI is InChI=1S/C9H5FN4/c10-8-2-1-3-9(7(8)6-11)14-12-4-5-13-14/h1-5H. The van der Waals surface area contributed by atoms with Crippen molar-refractivity contribution in [3.05, 3.63) is 42.0 Å². The van der Waals surface area contributed by atoms with Crippen LogP contribution in [0, 0.1) is 17.1 Å². The fraction of sp³-hybridized carbons (Fsp3) is 0. The number of hydrogen-bond donors (Lipinski definition) is 0. The maximum absolute atomic E-state index is 13.2. The van der Waals surface area contributed by atoms with Gasteiger partial charge in [-0.1, -0.05) is 6.07 Å². The summed E-state index contributed by atoms with van der Waals surface area (Å²) in [6, 6.07) is 6.10.